The van der Waals surface area contributed by atoms with E-state index >= 15 is 0 Å². The van der Waals surface area contributed by atoms with Crippen LogP contribution in [0.15, 0.2) is 24.3 Å². The van der Waals surface area contributed by atoms with Crippen LogP contribution in [0.5, 0.6) is 5.75 Å². The molecule has 8 unspecified atom stereocenters. The fraction of sp³-hybridized carbons (Fsp3) is 0.594. The van der Waals surface area contributed by atoms with E-state index in [0.717, 1.165) is 5.56 Å². The SMILES string of the molecule is CC(C)C(N)C(=O)O.CC(C)C(N)C(=O)O.CC(O)C(N)C(=O)O.NC(CO)C(=O)O.NC(CO)C(=O)O.NC(CO)C(=O)O.NC(Cc1ccc(O)cc1)C(=O)O. The molecule has 0 saturated carbocycles. The van der Waals surface area contributed by atoms with Crippen LogP contribution in [-0.2, 0) is 40.0 Å². The summed E-state index contributed by atoms with van der Waals surface area (Å²) in [6.45, 7) is 6.92. The molecule has 0 spiro atoms. The average molecular weight is 850 g/mol. The van der Waals surface area contributed by atoms with Gasteiger partial charge in [-0.15, -0.1) is 0 Å². The smallest absolute Gasteiger partial charge is 0.323 e. The predicted octanol–water partition coefficient (Wildman–Crippen LogP) is -5.59. The van der Waals surface area contributed by atoms with Gasteiger partial charge >= 0.3 is 41.8 Å². The lowest BCUT2D eigenvalue weighted by atomic mass is 10.1. The zero-order valence-corrected chi connectivity index (χ0v) is 32.7. The normalized spacial score (nSPS) is 13.9. The second-order valence-corrected chi connectivity index (χ2v) is 12.0. The number of aliphatic carboxylic acids is 7. The van der Waals surface area contributed by atoms with Gasteiger partial charge in [0.2, 0.25) is 0 Å². The highest BCUT2D eigenvalue weighted by molar-refractivity contribution is 5.75. The molecule has 0 aliphatic carbocycles. The highest BCUT2D eigenvalue weighted by atomic mass is 16.4. The molecule has 0 aliphatic rings. The Kier molecular flexibility index (Phi) is 41.8. The number of nitrogens with two attached hydrogens (primary N) is 7. The molecule has 26 heteroatoms. The lowest BCUT2D eigenvalue weighted by Gasteiger charge is -2.07. The van der Waals surface area contributed by atoms with Crippen LogP contribution in [0, 0.1) is 11.8 Å². The van der Waals surface area contributed by atoms with Gasteiger partial charge in [0, 0.05) is 0 Å². The zero-order valence-electron chi connectivity index (χ0n) is 32.7. The summed E-state index contributed by atoms with van der Waals surface area (Å²) in [6, 6.07) is -0.533. The molecule has 8 atom stereocenters. The second kappa shape index (κ2) is 37.4. The van der Waals surface area contributed by atoms with Crippen LogP contribution in [0.2, 0.25) is 0 Å². The topological polar surface area (TPSA) is 544 Å². The first kappa shape index (κ1) is 64.8. The predicted molar refractivity (Wildman–Crippen MR) is 204 cm³/mol. The van der Waals surface area contributed by atoms with E-state index in [4.69, 9.17) is 101 Å². The van der Waals surface area contributed by atoms with Gasteiger partial charge in [0.1, 0.15) is 48.0 Å². The zero-order chi connectivity index (χ0) is 47.6. The fourth-order valence-corrected chi connectivity index (χ4v) is 1.98. The molecule has 0 saturated heterocycles. The molecule has 0 aromatic heterocycles. The monoisotopic (exact) mass is 849 g/mol. The van der Waals surface area contributed by atoms with E-state index in [9.17, 15) is 33.6 Å². The number of benzene rings is 1. The first-order valence-electron chi connectivity index (χ1n) is 16.5. The summed E-state index contributed by atoms with van der Waals surface area (Å²) < 4.78 is 0. The molecule has 0 amide bonds. The average Bonchev–Trinajstić information content (AvgIpc) is 3.14. The molecular formula is C32H63N7O19. The number of aromatic hydroxyl groups is 1. The summed E-state index contributed by atoms with van der Waals surface area (Å²) in [5.74, 6) is -7.40. The van der Waals surface area contributed by atoms with Gasteiger partial charge in [-0.05, 0) is 42.9 Å². The van der Waals surface area contributed by atoms with Gasteiger partial charge < -0.3 is 101 Å². The number of aliphatic hydroxyl groups excluding tert-OH is 4. The van der Waals surface area contributed by atoms with Crippen LogP contribution in [0.4, 0.5) is 0 Å². The summed E-state index contributed by atoms with van der Waals surface area (Å²) >= 11 is 0. The summed E-state index contributed by atoms with van der Waals surface area (Å²) in [5.41, 5.74) is 35.7. The second-order valence-electron chi connectivity index (χ2n) is 12.0. The van der Waals surface area contributed by atoms with Gasteiger partial charge in [-0.2, -0.15) is 0 Å². The number of hydrogen-bond acceptors (Lipinski definition) is 19. The van der Waals surface area contributed by atoms with Gasteiger partial charge in [-0.1, -0.05) is 39.8 Å². The molecule has 58 heavy (non-hydrogen) atoms. The third-order valence-corrected chi connectivity index (χ3v) is 6.06. The lowest BCUT2D eigenvalue weighted by molar-refractivity contribution is -0.141. The number of phenolic OH excluding ortho intramolecular Hbond substituents is 1. The lowest BCUT2D eigenvalue weighted by Crippen LogP contribution is -2.39. The van der Waals surface area contributed by atoms with E-state index in [1.807, 2.05) is 0 Å². The minimum Gasteiger partial charge on any atom is -0.508 e. The van der Waals surface area contributed by atoms with Crippen LogP contribution in [0.1, 0.15) is 40.2 Å². The Morgan fingerprint density at radius 1 is 0.448 bits per heavy atom. The van der Waals surface area contributed by atoms with E-state index in [0.29, 0.717) is 0 Å². The van der Waals surface area contributed by atoms with E-state index < -0.39 is 110 Å². The molecule has 26 nitrogen and oxygen atoms in total. The Bertz CT molecular complexity index is 1200. The van der Waals surface area contributed by atoms with Gasteiger partial charge in [0.05, 0.1) is 25.9 Å². The van der Waals surface area contributed by atoms with Crippen LogP contribution in [0.3, 0.4) is 0 Å². The Hall–Kier alpha value is -5.13. The molecule has 0 fully saturated rings. The van der Waals surface area contributed by atoms with E-state index in [1.165, 1.54) is 19.1 Å². The minimum atomic E-state index is -1.18. The van der Waals surface area contributed by atoms with Crippen molar-refractivity contribution in [2.45, 2.75) is 89.4 Å². The highest BCUT2D eigenvalue weighted by Gasteiger charge is 2.17. The molecule has 1 aromatic carbocycles. The Morgan fingerprint density at radius 2 is 0.690 bits per heavy atom. The molecule has 1 rings (SSSR count). The highest BCUT2D eigenvalue weighted by Crippen LogP contribution is 2.10. The number of carboxylic acid groups (broad SMARTS) is 7. The maximum absolute atomic E-state index is 10.4. The third-order valence-electron chi connectivity index (χ3n) is 6.06. The van der Waals surface area contributed by atoms with Gasteiger partial charge in [-0.3, -0.25) is 33.6 Å². The molecule has 0 aliphatic heterocycles. The minimum absolute atomic E-state index is 0.0208. The summed E-state index contributed by atoms with van der Waals surface area (Å²) in [5, 5.41) is 98.2. The maximum atomic E-state index is 10.4. The van der Waals surface area contributed by atoms with E-state index in [-0.39, 0.29) is 24.0 Å². The van der Waals surface area contributed by atoms with Crippen LogP contribution < -0.4 is 40.1 Å². The van der Waals surface area contributed by atoms with Crippen molar-refractivity contribution in [2.75, 3.05) is 19.8 Å². The van der Waals surface area contributed by atoms with Crippen molar-refractivity contribution in [3.05, 3.63) is 29.8 Å². The van der Waals surface area contributed by atoms with Gasteiger partial charge in [-0.25, -0.2) is 0 Å². The Morgan fingerprint density at radius 3 is 0.793 bits per heavy atom. The van der Waals surface area contributed by atoms with Crippen LogP contribution in [-0.4, -0.2) is 171 Å². The Labute approximate surface area is 333 Å². The van der Waals surface area contributed by atoms with E-state index in [2.05, 4.69) is 0 Å². The number of aliphatic hydroxyl groups is 4. The van der Waals surface area contributed by atoms with Gasteiger partial charge in [0.25, 0.3) is 0 Å². The summed E-state index contributed by atoms with van der Waals surface area (Å²) in [7, 11) is 0. The van der Waals surface area contributed by atoms with Crippen molar-refractivity contribution in [1.29, 1.82) is 0 Å². The standard InChI is InChI=1S/C9H11NO3.2C5H11NO2.C4H9NO3.3C3H7NO3/c10-8(9(12)13)5-6-1-3-7(11)4-2-6;2*1-3(2)4(6)5(7)8;1-2(6)3(5)4(7)8;3*4-2(1-5)3(6)7/h1-4,8,11H,5,10H2,(H,12,13);2*3-4H,6H2,1-2H3,(H,7,8);2-3,6H,5H2,1H3,(H,7,8);3*2,5H,1,4H2,(H,6,7). The molecule has 1 aromatic rings. The maximum Gasteiger partial charge on any atom is 0.323 e. The van der Waals surface area contributed by atoms with Crippen molar-refractivity contribution in [1.82, 2.24) is 0 Å². The quantitative estimate of drug-likeness (QED) is 0.0782. The number of rotatable bonds is 15. The van der Waals surface area contributed by atoms with Crippen LogP contribution in [0.25, 0.3) is 0 Å². The van der Waals surface area contributed by atoms with Gasteiger partial charge in [0.15, 0.2) is 0 Å². The van der Waals surface area contributed by atoms with Crippen molar-refractivity contribution >= 4 is 41.8 Å². The molecule has 0 bridgehead atoms. The van der Waals surface area contributed by atoms with Crippen molar-refractivity contribution in [3.8, 4) is 5.75 Å². The fourth-order valence-electron chi connectivity index (χ4n) is 1.98. The molecule has 0 radical (unpaired) electrons. The number of hydrogen-bond donors (Lipinski definition) is 19. The third kappa shape index (κ3) is 42.0. The molecular weight excluding hydrogens is 786 g/mol. The Balaban J connectivity index is -0.000000138. The van der Waals surface area contributed by atoms with E-state index in [1.54, 1.807) is 39.8 Å². The van der Waals surface area contributed by atoms with Crippen molar-refractivity contribution in [3.63, 3.8) is 0 Å². The largest absolute Gasteiger partial charge is 0.508 e. The number of phenols is 1. The number of carbonyl (C=O) groups is 7. The number of carboxylic acids is 7. The first-order chi connectivity index (χ1) is 26.3. The molecule has 26 N–H and O–H groups in total. The molecule has 340 valence electrons. The van der Waals surface area contributed by atoms with Crippen LogP contribution >= 0.6 is 0 Å². The van der Waals surface area contributed by atoms with Crippen molar-refractivity contribution < 1.29 is 94.8 Å². The van der Waals surface area contributed by atoms with Crippen molar-refractivity contribution in [2.24, 2.45) is 52.0 Å². The summed E-state index contributed by atoms with van der Waals surface area (Å²) in [6.07, 6.45) is -0.706. The summed E-state index contributed by atoms with van der Waals surface area (Å²) in [4.78, 5) is 69.2. The molecule has 0 heterocycles. The first-order valence-corrected chi connectivity index (χ1v) is 16.5.